The summed E-state index contributed by atoms with van der Waals surface area (Å²) in [5.41, 5.74) is 8.12. The summed E-state index contributed by atoms with van der Waals surface area (Å²) in [4.78, 5) is 7.25. The van der Waals surface area contributed by atoms with E-state index in [4.69, 9.17) is 5.73 Å². The van der Waals surface area contributed by atoms with Crippen molar-refractivity contribution in [3.8, 4) is 0 Å². The highest BCUT2D eigenvalue weighted by molar-refractivity contribution is 5.17. The molecule has 0 radical (unpaired) electrons. The Labute approximate surface area is 59.7 Å². The Morgan fingerprint density at radius 2 is 2.60 bits per heavy atom. The zero-order chi connectivity index (χ0) is 6.97. The lowest BCUT2D eigenvalue weighted by atomic mass is 9.97. The summed E-state index contributed by atoms with van der Waals surface area (Å²) in [5.74, 6) is 0. The van der Waals surface area contributed by atoms with Crippen molar-refractivity contribution in [2.24, 2.45) is 5.73 Å². The van der Waals surface area contributed by atoms with Gasteiger partial charge in [0, 0.05) is 11.7 Å². The molecule has 0 aliphatic heterocycles. The molecule has 0 saturated carbocycles. The van der Waals surface area contributed by atoms with E-state index >= 15 is 0 Å². The van der Waals surface area contributed by atoms with Crippen LogP contribution in [0, 0.1) is 0 Å². The first-order valence-electron chi connectivity index (χ1n) is 3.65. The van der Waals surface area contributed by atoms with Crippen molar-refractivity contribution in [2.75, 3.05) is 0 Å². The van der Waals surface area contributed by atoms with Gasteiger partial charge in [-0.05, 0) is 19.3 Å². The van der Waals surface area contributed by atoms with Gasteiger partial charge in [0.15, 0.2) is 0 Å². The molecule has 10 heavy (non-hydrogen) atoms. The molecule has 3 N–H and O–H groups in total. The molecule has 1 heterocycles. The number of nitrogens with two attached hydrogens (primary N) is 1. The second-order valence-electron chi connectivity index (χ2n) is 2.77. The number of imidazole rings is 1. The van der Waals surface area contributed by atoms with Gasteiger partial charge in [0.25, 0.3) is 0 Å². The van der Waals surface area contributed by atoms with Crippen molar-refractivity contribution in [3.63, 3.8) is 0 Å². The van der Waals surface area contributed by atoms with Crippen LogP contribution in [0.1, 0.15) is 30.3 Å². The normalized spacial score (nSPS) is 24.3. The Bertz CT molecular complexity index is 229. The maximum absolute atomic E-state index is 5.81. The van der Waals surface area contributed by atoms with Crippen LogP contribution < -0.4 is 5.73 Å². The van der Waals surface area contributed by atoms with Crippen LogP contribution in [0.2, 0.25) is 0 Å². The lowest BCUT2D eigenvalue weighted by molar-refractivity contribution is 0.555. The van der Waals surface area contributed by atoms with E-state index < -0.39 is 0 Å². The van der Waals surface area contributed by atoms with E-state index in [-0.39, 0.29) is 6.04 Å². The third-order valence-corrected chi connectivity index (χ3v) is 2.04. The smallest absolute Gasteiger partial charge is 0.0925 e. The average Bonchev–Trinajstić information content (AvgIpc) is 2.36. The molecule has 0 fully saturated rings. The molecular formula is C7H11N3. The molecule has 1 aromatic heterocycles. The van der Waals surface area contributed by atoms with Crippen molar-refractivity contribution < 1.29 is 0 Å². The van der Waals surface area contributed by atoms with Gasteiger partial charge in [-0.1, -0.05) is 0 Å². The molecular weight excluding hydrogens is 126 g/mol. The van der Waals surface area contributed by atoms with Crippen LogP contribution in [-0.4, -0.2) is 9.97 Å². The van der Waals surface area contributed by atoms with Crippen LogP contribution in [0.3, 0.4) is 0 Å². The standard InChI is InChI=1S/C7H11N3/c8-5-2-1-3-6-7(5)10-4-9-6/h4-5H,1-3,8H2,(H,9,10)/t5-/m1/s1. The molecule has 1 aliphatic rings. The van der Waals surface area contributed by atoms with Gasteiger partial charge in [0.2, 0.25) is 0 Å². The SMILES string of the molecule is N[C@@H]1CCCc2[nH]cnc21. The largest absolute Gasteiger partial charge is 0.348 e. The van der Waals surface area contributed by atoms with Crippen molar-refractivity contribution in [3.05, 3.63) is 17.7 Å². The number of hydrogen-bond donors (Lipinski definition) is 2. The zero-order valence-corrected chi connectivity index (χ0v) is 5.80. The van der Waals surface area contributed by atoms with Crippen molar-refractivity contribution in [1.82, 2.24) is 9.97 Å². The van der Waals surface area contributed by atoms with Gasteiger partial charge >= 0.3 is 0 Å². The fourth-order valence-corrected chi connectivity index (χ4v) is 1.49. The van der Waals surface area contributed by atoms with E-state index in [0.29, 0.717) is 0 Å². The fraction of sp³-hybridized carbons (Fsp3) is 0.571. The Kier molecular flexibility index (Phi) is 1.24. The lowest BCUT2D eigenvalue weighted by Gasteiger charge is -2.15. The number of rotatable bonds is 0. The summed E-state index contributed by atoms with van der Waals surface area (Å²) >= 11 is 0. The number of nitrogens with zero attached hydrogens (tertiary/aromatic N) is 1. The van der Waals surface area contributed by atoms with E-state index in [2.05, 4.69) is 9.97 Å². The summed E-state index contributed by atoms with van der Waals surface area (Å²) in [7, 11) is 0. The molecule has 0 unspecified atom stereocenters. The van der Waals surface area contributed by atoms with E-state index in [0.717, 1.165) is 18.5 Å². The summed E-state index contributed by atoms with van der Waals surface area (Å²) in [6, 6.07) is 0.176. The number of aromatic amines is 1. The van der Waals surface area contributed by atoms with Gasteiger partial charge in [-0.2, -0.15) is 0 Å². The predicted octanol–water partition coefficient (Wildman–Crippen LogP) is 0.746. The Hall–Kier alpha value is -0.830. The van der Waals surface area contributed by atoms with Gasteiger partial charge in [-0.3, -0.25) is 0 Å². The summed E-state index contributed by atoms with van der Waals surface area (Å²) < 4.78 is 0. The molecule has 3 heteroatoms. The minimum Gasteiger partial charge on any atom is -0.348 e. The molecule has 0 amide bonds. The zero-order valence-electron chi connectivity index (χ0n) is 5.80. The Morgan fingerprint density at radius 1 is 1.70 bits per heavy atom. The van der Waals surface area contributed by atoms with Crippen LogP contribution in [-0.2, 0) is 6.42 Å². The number of aryl methyl sites for hydroxylation is 1. The van der Waals surface area contributed by atoms with Gasteiger partial charge < -0.3 is 10.7 Å². The molecule has 3 nitrogen and oxygen atoms in total. The molecule has 54 valence electrons. The first kappa shape index (κ1) is 5.92. The number of fused-ring (bicyclic) bond motifs is 1. The van der Waals surface area contributed by atoms with Crippen molar-refractivity contribution >= 4 is 0 Å². The quantitative estimate of drug-likeness (QED) is 0.554. The molecule has 0 bridgehead atoms. The molecule has 1 atom stereocenters. The molecule has 2 rings (SSSR count). The fourth-order valence-electron chi connectivity index (χ4n) is 1.49. The highest BCUT2D eigenvalue weighted by Gasteiger charge is 2.18. The van der Waals surface area contributed by atoms with Crippen molar-refractivity contribution in [2.45, 2.75) is 25.3 Å². The number of aromatic nitrogens is 2. The van der Waals surface area contributed by atoms with E-state index in [1.807, 2.05) is 0 Å². The van der Waals surface area contributed by atoms with Crippen LogP contribution in [0.15, 0.2) is 6.33 Å². The van der Waals surface area contributed by atoms with E-state index in [1.54, 1.807) is 6.33 Å². The van der Waals surface area contributed by atoms with Gasteiger partial charge in [0.05, 0.1) is 12.0 Å². The predicted molar refractivity (Wildman–Crippen MR) is 38.5 cm³/mol. The van der Waals surface area contributed by atoms with Crippen LogP contribution >= 0.6 is 0 Å². The molecule has 0 aromatic carbocycles. The van der Waals surface area contributed by atoms with Crippen LogP contribution in [0.25, 0.3) is 0 Å². The molecule has 0 saturated heterocycles. The molecule has 1 aromatic rings. The maximum Gasteiger partial charge on any atom is 0.0925 e. The second kappa shape index (κ2) is 2.09. The second-order valence-corrected chi connectivity index (χ2v) is 2.77. The summed E-state index contributed by atoms with van der Waals surface area (Å²) in [5, 5.41) is 0. The van der Waals surface area contributed by atoms with Crippen LogP contribution in [0.4, 0.5) is 0 Å². The first-order chi connectivity index (χ1) is 4.88. The highest BCUT2D eigenvalue weighted by atomic mass is 14.9. The lowest BCUT2D eigenvalue weighted by Crippen LogP contribution is -2.17. The maximum atomic E-state index is 5.81. The Morgan fingerprint density at radius 3 is 3.40 bits per heavy atom. The topological polar surface area (TPSA) is 54.7 Å². The van der Waals surface area contributed by atoms with E-state index in [1.165, 1.54) is 12.1 Å². The van der Waals surface area contributed by atoms with Gasteiger partial charge in [-0.15, -0.1) is 0 Å². The summed E-state index contributed by atoms with van der Waals surface area (Å²) in [6.45, 7) is 0. The average molecular weight is 137 g/mol. The number of nitrogens with one attached hydrogen (secondary N) is 1. The first-order valence-corrected chi connectivity index (χ1v) is 3.65. The van der Waals surface area contributed by atoms with Crippen molar-refractivity contribution in [1.29, 1.82) is 0 Å². The minimum atomic E-state index is 0.176. The molecule has 0 spiro atoms. The molecule has 1 aliphatic carbocycles. The highest BCUT2D eigenvalue weighted by Crippen LogP contribution is 2.23. The van der Waals surface area contributed by atoms with Gasteiger partial charge in [0.1, 0.15) is 0 Å². The monoisotopic (exact) mass is 137 g/mol. The third kappa shape index (κ3) is 0.743. The van der Waals surface area contributed by atoms with Gasteiger partial charge in [-0.25, -0.2) is 4.98 Å². The number of H-pyrrole nitrogens is 1. The Balaban J connectivity index is 2.41. The van der Waals surface area contributed by atoms with Crippen LogP contribution in [0.5, 0.6) is 0 Å². The minimum absolute atomic E-state index is 0.176. The third-order valence-electron chi connectivity index (χ3n) is 2.04. The summed E-state index contributed by atoms with van der Waals surface area (Å²) in [6.07, 6.45) is 5.12. The van der Waals surface area contributed by atoms with E-state index in [9.17, 15) is 0 Å². The number of hydrogen-bond acceptors (Lipinski definition) is 2.